The highest BCUT2D eigenvalue weighted by Crippen LogP contribution is 2.15. The van der Waals surface area contributed by atoms with Crippen LogP contribution in [0.2, 0.25) is 5.02 Å². The van der Waals surface area contributed by atoms with Crippen molar-refractivity contribution < 1.29 is 4.74 Å². The lowest BCUT2D eigenvalue weighted by atomic mass is 10.2. The van der Waals surface area contributed by atoms with E-state index in [1.54, 1.807) is 0 Å². The fraction of sp³-hybridized carbons (Fsp3) is 0.250. The molecule has 2 aromatic carbocycles. The molecule has 2 rings (SSSR count). The molecule has 0 fully saturated rings. The number of hydrogen-bond donors (Lipinski definition) is 0. The Bertz CT molecular complexity index is 442. The molecule has 0 saturated carbocycles. The van der Waals surface area contributed by atoms with Crippen molar-refractivity contribution in [2.45, 2.75) is 13.3 Å². The summed E-state index contributed by atoms with van der Waals surface area (Å²) in [6.45, 7) is 2.87. The first-order valence-electron chi connectivity index (χ1n) is 6.18. The van der Waals surface area contributed by atoms with Gasteiger partial charge >= 0.3 is 0 Å². The first kappa shape index (κ1) is 16.3. The van der Waals surface area contributed by atoms with E-state index in [1.165, 1.54) is 5.56 Å². The van der Waals surface area contributed by atoms with Crippen LogP contribution in [0, 0.1) is 6.92 Å². The first-order valence-corrected chi connectivity index (χ1v) is 8.08. The number of benzene rings is 2. The van der Waals surface area contributed by atoms with E-state index in [4.69, 9.17) is 16.3 Å². The van der Waals surface area contributed by atoms with Crippen LogP contribution in [0.5, 0.6) is 5.75 Å². The molecule has 3 heteroatoms. The van der Waals surface area contributed by atoms with Gasteiger partial charge < -0.3 is 4.74 Å². The third kappa shape index (κ3) is 8.11. The summed E-state index contributed by atoms with van der Waals surface area (Å²) in [6.07, 6.45) is 1.09. The second kappa shape index (κ2) is 10.1. The molecule has 0 spiro atoms. The van der Waals surface area contributed by atoms with Crippen molar-refractivity contribution in [3.63, 3.8) is 0 Å². The van der Waals surface area contributed by atoms with Gasteiger partial charge in [0.25, 0.3) is 0 Å². The Morgan fingerprint density at radius 3 is 2.11 bits per heavy atom. The van der Waals surface area contributed by atoms with Crippen molar-refractivity contribution in [1.82, 2.24) is 0 Å². The van der Waals surface area contributed by atoms with Crippen LogP contribution in [0.25, 0.3) is 0 Å². The predicted octanol–water partition coefficient (Wildman–Crippen LogP) is 5.54. The summed E-state index contributed by atoms with van der Waals surface area (Å²) >= 11 is 8.05. The quantitative estimate of drug-likeness (QED) is 0.380. The van der Waals surface area contributed by atoms with Gasteiger partial charge in [0.05, 0.1) is 6.61 Å². The van der Waals surface area contributed by atoms with Gasteiger partial charge in [0.2, 0.25) is 0 Å². The molecule has 0 bridgehead atoms. The van der Waals surface area contributed by atoms with Gasteiger partial charge in [-0.25, -0.2) is 0 Å². The molecule has 1 nitrogen and oxygen atoms in total. The van der Waals surface area contributed by atoms with Gasteiger partial charge in [-0.2, -0.15) is 0 Å². The molecule has 19 heavy (non-hydrogen) atoms. The van der Waals surface area contributed by atoms with Crippen molar-refractivity contribution in [2.24, 2.45) is 0 Å². The maximum atomic E-state index is 5.72. The Balaban J connectivity index is 0.000000218. The molecule has 0 N–H and O–H groups in total. The molecule has 0 atom stereocenters. The molecule has 0 aliphatic carbocycles. The fourth-order valence-electron chi connectivity index (χ4n) is 1.31. The topological polar surface area (TPSA) is 9.23 Å². The summed E-state index contributed by atoms with van der Waals surface area (Å²) < 4.78 is 6.57. The maximum Gasteiger partial charge on any atom is 0.119 e. The summed E-state index contributed by atoms with van der Waals surface area (Å²) in [5.41, 5.74) is 1.32. The Hall–Kier alpha value is -0.740. The summed E-state index contributed by atoms with van der Waals surface area (Å²) in [5, 5.41) is 0.747. The summed E-state index contributed by atoms with van der Waals surface area (Å²) in [5.74, 6) is 0.893. The van der Waals surface area contributed by atoms with Crippen molar-refractivity contribution >= 4 is 34.2 Å². The van der Waals surface area contributed by atoms with Crippen LogP contribution < -0.4 is 4.74 Å². The Morgan fingerprint density at radius 2 is 1.63 bits per heavy atom. The smallest absolute Gasteiger partial charge is 0.119 e. The highest BCUT2D eigenvalue weighted by molar-refractivity contribution is 14.1. The Kier molecular flexibility index (Phi) is 8.67. The number of aryl methyl sites for hydroxylation is 1. The highest BCUT2D eigenvalue weighted by Gasteiger charge is 1.92. The Labute approximate surface area is 134 Å². The average molecular weight is 389 g/mol. The summed E-state index contributed by atoms with van der Waals surface area (Å²) in [6, 6.07) is 17.7. The van der Waals surface area contributed by atoms with Gasteiger partial charge in [0.1, 0.15) is 5.75 Å². The van der Waals surface area contributed by atoms with Crippen LogP contribution in [0.3, 0.4) is 0 Å². The van der Waals surface area contributed by atoms with E-state index in [0.29, 0.717) is 0 Å². The monoisotopic (exact) mass is 388 g/mol. The number of rotatable bonds is 4. The van der Waals surface area contributed by atoms with Gasteiger partial charge in [-0.1, -0.05) is 70.1 Å². The SMILES string of the molecule is Cc1ccccc1.Clc1ccc(OCCCI)cc1. The zero-order valence-electron chi connectivity index (χ0n) is 11.0. The molecule has 2 aromatic rings. The van der Waals surface area contributed by atoms with Gasteiger partial charge in [-0.3, -0.25) is 0 Å². The van der Waals surface area contributed by atoms with E-state index in [0.717, 1.165) is 28.2 Å². The largest absolute Gasteiger partial charge is 0.494 e. The summed E-state index contributed by atoms with van der Waals surface area (Å²) in [4.78, 5) is 0. The van der Waals surface area contributed by atoms with Crippen LogP contribution >= 0.6 is 34.2 Å². The van der Waals surface area contributed by atoms with E-state index in [9.17, 15) is 0 Å². The normalized spacial score (nSPS) is 9.42. The van der Waals surface area contributed by atoms with E-state index < -0.39 is 0 Å². The van der Waals surface area contributed by atoms with E-state index in [-0.39, 0.29) is 0 Å². The molecule has 0 saturated heterocycles. The van der Waals surface area contributed by atoms with Crippen molar-refractivity contribution in [2.75, 3.05) is 11.0 Å². The third-order valence-electron chi connectivity index (χ3n) is 2.30. The molecule has 0 aliphatic heterocycles. The van der Waals surface area contributed by atoms with Crippen molar-refractivity contribution in [3.8, 4) is 5.75 Å². The van der Waals surface area contributed by atoms with E-state index in [2.05, 4.69) is 41.6 Å². The van der Waals surface area contributed by atoms with Crippen molar-refractivity contribution in [3.05, 3.63) is 65.2 Å². The minimum Gasteiger partial charge on any atom is -0.494 e. The lowest BCUT2D eigenvalue weighted by molar-refractivity contribution is 0.319. The van der Waals surface area contributed by atoms with E-state index >= 15 is 0 Å². The lowest BCUT2D eigenvalue weighted by Gasteiger charge is -2.03. The highest BCUT2D eigenvalue weighted by atomic mass is 127. The average Bonchev–Trinajstić information content (AvgIpc) is 2.43. The molecule has 0 heterocycles. The van der Waals surface area contributed by atoms with Crippen LogP contribution in [0.4, 0.5) is 0 Å². The second-order valence-corrected chi connectivity index (χ2v) is 5.51. The maximum absolute atomic E-state index is 5.72. The lowest BCUT2D eigenvalue weighted by Crippen LogP contribution is -1.96. The minimum absolute atomic E-state index is 0.747. The van der Waals surface area contributed by atoms with Crippen LogP contribution in [-0.2, 0) is 0 Å². The minimum atomic E-state index is 0.747. The van der Waals surface area contributed by atoms with E-state index in [1.807, 2.05) is 42.5 Å². The van der Waals surface area contributed by atoms with Crippen LogP contribution in [-0.4, -0.2) is 11.0 Å². The zero-order chi connectivity index (χ0) is 13.9. The van der Waals surface area contributed by atoms with Gasteiger partial charge in [-0.15, -0.1) is 0 Å². The molecule has 0 radical (unpaired) electrons. The predicted molar refractivity (Wildman–Crippen MR) is 91.6 cm³/mol. The zero-order valence-corrected chi connectivity index (χ0v) is 13.9. The van der Waals surface area contributed by atoms with Crippen molar-refractivity contribution in [1.29, 1.82) is 0 Å². The number of alkyl halides is 1. The van der Waals surface area contributed by atoms with Gasteiger partial charge in [0, 0.05) is 9.45 Å². The first-order chi connectivity index (χ1) is 9.22. The molecule has 0 aliphatic rings. The number of ether oxygens (including phenoxy) is 1. The molecular formula is C16H18ClIO. The standard InChI is InChI=1S/C9H10ClIO.C7H8/c10-8-2-4-9(5-3-8)12-7-1-6-11;1-7-5-3-2-4-6-7/h2-5H,1,6-7H2;2-6H,1H3. The molecule has 102 valence electrons. The Morgan fingerprint density at radius 1 is 1.00 bits per heavy atom. The molecular weight excluding hydrogens is 371 g/mol. The number of halogens is 2. The van der Waals surface area contributed by atoms with Gasteiger partial charge in [0.15, 0.2) is 0 Å². The third-order valence-corrected chi connectivity index (χ3v) is 3.32. The van der Waals surface area contributed by atoms with Gasteiger partial charge in [-0.05, 0) is 37.6 Å². The molecule has 0 amide bonds. The fourth-order valence-corrected chi connectivity index (χ4v) is 1.75. The summed E-state index contributed by atoms with van der Waals surface area (Å²) in [7, 11) is 0. The van der Waals surface area contributed by atoms with Crippen LogP contribution in [0.15, 0.2) is 54.6 Å². The second-order valence-electron chi connectivity index (χ2n) is 4.00. The molecule has 0 aromatic heterocycles. The number of hydrogen-bond acceptors (Lipinski definition) is 1. The molecule has 0 unspecified atom stereocenters. The van der Waals surface area contributed by atoms with Crippen LogP contribution in [0.1, 0.15) is 12.0 Å².